The summed E-state index contributed by atoms with van der Waals surface area (Å²) in [5, 5.41) is 0. The number of hydrogen-bond acceptors (Lipinski definition) is 4. The van der Waals surface area contributed by atoms with Crippen molar-refractivity contribution in [1.82, 2.24) is 4.90 Å². The number of rotatable bonds is 2. The van der Waals surface area contributed by atoms with E-state index in [1.165, 1.54) is 31.2 Å². The van der Waals surface area contributed by atoms with Gasteiger partial charge in [-0.25, -0.2) is 0 Å². The normalized spacial score (nSPS) is 28.4. The van der Waals surface area contributed by atoms with Crippen molar-refractivity contribution in [3.63, 3.8) is 0 Å². The van der Waals surface area contributed by atoms with Crippen molar-refractivity contribution < 1.29 is 14.2 Å². The average Bonchev–Trinajstić information content (AvgIpc) is 2.95. The lowest BCUT2D eigenvalue weighted by atomic mass is 9.90. The average molecular weight is 354 g/mol. The summed E-state index contributed by atoms with van der Waals surface area (Å²) in [6, 6.07) is 4.71. The molecule has 1 aromatic rings. The van der Waals surface area contributed by atoms with Crippen LogP contribution in [0.15, 0.2) is 16.6 Å². The molecule has 2 heterocycles. The zero-order valence-electron chi connectivity index (χ0n) is 12.0. The zero-order chi connectivity index (χ0) is 14.2. The van der Waals surface area contributed by atoms with Gasteiger partial charge in [0, 0.05) is 23.6 Å². The van der Waals surface area contributed by atoms with E-state index in [1.807, 2.05) is 6.07 Å². The Labute approximate surface area is 133 Å². The molecule has 0 radical (unpaired) electrons. The van der Waals surface area contributed by atoms with Gasteiger partial charge in [0.25, 0.3) is 0 Å². The second kappa shape index (κ2) is 5.78. The Kier molecular flexibility index (Phi) is 3.81. The Bertz CT molecular complexity index is 534. The van der Waals surface area contributed by atoms with Gasteiger partial charge < -0.3 is 14.2 Å². The summed E-state index contributed by atoms with van der Waals surface area (Å²) < 4.78 is 18.0. The fourth-order valence-corrected chi connectivity index (χ4v) is 4.12. The van der Waals surface area contributed by atoms with Crippen LogP contribution in [0.3, 0.4) is 0 Å². The molecule has 1 saturated heterocycles. The third-order valence-corrected chi connectivity index (χ3v) is 5.50. The van der Waals surface area contributed by atoms with E-state index < -0.39 is 0 Å². The predicted molar refractivity (Wildman–Crippen MR) is 82.7 cm³/mol. The molecule has 2 aliphatic heterocycles. The fourth-order valence-electron chi connectivity index (χ4n) is 3.67. The van der Waals surface area contributed by atoms with Crippen molar-refractivity contribution in [2.45, 2.75) is 44.4 Å². The number of nitrogens with zero attached hydrogens (tertiary/aromatic N) is 1. The van der Waals surface area contributed by atoms with Crippen molar-refractivity contribution >= 4 is 15.9 Å². The summed E-state index contributed by atoms with van der Waals surface area (Å²) in [7, 11) is 0. The molecule has 2 fully saturated rings. The Balaban J connectivity index is 1.55. The van der Waals surface area contributed by atoms with Crippen molar-refractivity contribution in [2.24, 2.45) is 0 Å². The summed E-state index contributed by atoms with van der Waals surface area (Å²) in [5.74, 6) is 1.70. The number of halogens is 1. The second-order valence-corrected chi connectivity index (χ2v) is 6.88. The molecular weight excluding hydrogens is 334 g/mol. The minimum atomic E-state index is 0.327. The van der Waals surface area contributed by atoms with Gasteiger partial charge in [-0.05, 0) is 30.5 Å². The van der Waals surface area contributed by atoms with Crippen LogP contribution in [0, 0.1) is 0 Å². The van der Waals surface area contributed by atoms with E-state index in [0.717, 1.165) is 35.7 Å². The van der Waals surface area contributed by atoms with E-state index >= 15 is 0 Å². The molecule has 21 heavy (non-hydrogen) atoms. The fraction of sp³-hybridized carbons (Fsp3) is 0.625. The van der Waals surface area contributed by atoms with Crippen LogP contribution in [0.4, 0.5) is 0 Å². The van der Waals surface area contributed by atoms with Gasteiger partial charge in [0.1, 0.15) is 0 Å². The molecule has 5 heteroatoms. The quantitative estimate of drug-likeness (QED) is 0.815. The zero-order valence-corrected chi connectivity index (χ0v) is 13.6. The van der Waals surface area contributed by atoms with Crippen molar-refractivity contribution in [1.29, 1.82) is 0 Å². The third-order valence-electron chi connectivity index (χ3n) is 4.76. The van der Waals surface area contributed by atoms with E-state index in [2.05, 4.69) is 26.9 Å². The number of morpholine rings is 1. The highest BCUT2D eigenvalue weighted by Gasteiger charge is 2.34. The van der Waals surface area contributed by atoms with Gasteiger partial charge in [0.15, 0.2) is 11.5 Å². The number of hydrogen-bond donors (Lipinski definition) is 0. The number of benzene rings is 1. The maximum absolute atomic E-state index is 5.96. The largest absolute Gasteiger partial charge is 0.454 e. The van der Waals surface area contributed by atoms with Crippen LogP contribution in [0.25, 0.3) is 0 Å². The highest BCUT2D eigenvalue weighted by Crippen LogP contribution is 2.38. The standard InChI is InChI=1S/C16H20BrNO3/c17-12-8-16-15(20-10-21-16)7-11(12)9-18-5-6-19-14-4-2-1-3-13(14)18/h7-8,13-14H,1-6,9-10H2. The molecule has 114 valence electrons. The number of fused-ring (bicyclic) bond motifs is 2. The van der Waals surface area contributed by atoms with Crippen molar-refractivity contribution in [3.05, 3.63) is 22.2 Å². The summed E-state index contributed by atoms with van der Waals surface area (Å²) in [6.45, 7) is 3.14. The van der Waals surface area contributed by atoms with Crippen LogP contribution < -0.4 is 9.47 Å². The van der Waals surface area contributed by atoms with Crippen LogP contribution in [0.1, 0.15) is 31.2 Å². The van der Waals surface area contributed by atoms with E-state index in [-0.39, 0.29) is 0 Å². The van der Waals surface area contributed by atoms with Gasteiger partial charge in [-0.15, -0.1) is 0 Å². The molecule has 4 rings (SSSR count). The highest BCUT2D eigenvalue weighted by atomic mass is 79.9. The minimum absolute atomic E-state index is 0.327. The van der Waals surface area contributed by atoms with Gasteiger partial charge in [0.2, 0.25) is 6.79 Å². The molecule has 2 unspecified atom stereocenters. The molecule has 0 N–H and O–H groups in total. The van der Waals surface area contributed by atoms with E-state index in [9.17, 15) is 0 Å². The third kappa shape index (κ3) is 2.67. The molecule has 0 spiro atoms. The van der Waals surface area contributed by atoms with Gasteiger partial charge in [-0.2, -0.15) is 0 Å². The summed E-state index contributed by atoms with van der Waals surface area (Å²) >= 11 is 3.67. The Morgan fingerprint density at radius 1 is 1.14 bits per heavy atom. The van der Waals surface area contributed by atoms with Crippen LogP contribution in [0.2, 0.25) is 0 Å². The van der Waals surface area contributed by atoms with Crippen LogP contribution >= 0.6 is 15.9 Å². The molecule has 4 nitrogen and oxygen atoms in total. The molecule has 1 aromatic carbocycles. The van der Waals surface area contributed by atoms with Crippen LogP contribution in [-0.2, 0) is 11.3 Å². The summed E-state index contributed by atoms with van der Waals surface area (Å²) in [6.07, 6.45) is 5.53. The first kappa shape index (κ1) is 13.9. The Morgan fingerprint density at radius 2 is 1.95 bits per heavy atom. The lowest BCUT2D eigenvalue weighted by Gasteiger charge is -2.44. The molecule has 3 aliphatic rings. The molecule has 1 aliphatic carbocycles. The van der Waals surface area contributed by atoms with Gasteiger partial charge in [-0.3, -0.25) is 4.90 Å². The first-order chi connectivity index (χ1) is 10.3. The summed E-state index contributed by atoms with van der Waals surface area (Å²) in [5.41, 5.74) is 1.27. The minimum Gasteiger partial charge on any atom is -0.454 e. The lowest BCUT2D eigenvalue weighted by Crippen LogP contribution is -2.52. The maximum Gasteiger partial charge on any atom is 0.231 e. The van der Waals surface area contributed by atoms with Crippen molar-refractivity contribution in [3.8, 4) is 11.5 Å². The highest BCUT2D eigenvalue weighted by molar-refractivity contribution is 9.10. The topological polar surface area (TPSA) is 30.9 Å². The van der Waals surface area contributed by atoms with Crippen molar-refractivity contribution in [2.75, 3.05) is 19.9 Å². The van der Waals surface area contributed by atoms with Gasteiger partial charge in [-0.1, -0.05) is 28.8 Å². The predicted octanol–water partition coefficient (Wildman–Crippen LogP) is 3.32. The molecule has 0 bridgehead atoms. The first-order valence-corrected chi connectivity index (χ1v) is 8.54. The van der Waals surface area contributed by atoms with E-state index in [1.54, 1.807) is 0 Å². The lowest BCUT2D eigenvalue weighted by molar-refractivity contribution is -0.0911. The maximum atomic E-state index is 5.96. The molecular formula is C16H20BrNO3. The molecule has 0 aromatic heterocycles. The molecule has 2 atom stereocenters. The Hall–Kier alpha value is -0.780. The van der Waals surface area contributed by atoms with E-state index in [4.69, 9.17) is 14.2 Å². The smallest absolute Gasteiger partial charge is 0.231 e. The van der Waals surface area contributed by atoms with E-state index in [0.29, 0.717) is 18.9 Å². The summed E-state index contributed by atoms with van der Waals surface area (Å²) in [4.78, 5) is 2.58. The van der Waals surface area contributed by atoms with Gasteiger partial charge >= 0.3 is 0 Å². The molecule has 1 saturated carbocycles. The van der Waals surface area contributed by atoms with Crippen LogP contribution in [-0.4, -0.2) is 37.0 Å². The SMILES string of the molecule is Brc1cc2c(cc1CN1CCOC3CCCCC31)OCO2. The Morgan fingerprint density at radius 3 is 2.86 bits per heavy atom. The first-order valence-electron chi connectivity index (χ1n) is 7.75. The van der Waals surface area contributed by atoms with Crippen LogP contribution in [0.5, 0.6) is 11.5 Å². The monoisotopic (exact) mass is 353 g/mol. The second-order valence-electron chi connectivity index (χ2n) is 6.03. The number of ether oxygens (including phenoxy) is 3. The molecule has 0 amide bonds. The van der Waals surface area contributed by atoms with Gasteiger partial charge in [0.05, 0.1) is 12.7 Å².